The molecule has 3 aromatic carbocycles. The van der Waals surface area contributed by atoms with E-state index in [0.29, 0.717) is 26.2 Å². The van der Waals surface area contributed by atoms with Crippen LogP contribution in [-0.4, -0.2) is 101 Å². The summed E-state index contributed by atoms with van der Waals surface area (Å²) in [5, 5.41) is 13.7. The number of piperazine rings is 2. The summed E-state index contributed by atoms with van der Waals surface area (Å²) in [7, 11) is 0. The molecule has 2 N–H and O–H groups in total. The third kappa shape index (κ3) is 8.41. The molecule has 2 unspecified atom stereocenters. The first-order valence-corrected chi connectivity index (χ1v) is 17.2. The quantitative estimate of drug-likeness (QED) is 0.219. The lowest BCUT2D eigenvalue weighted by atomic mass is 10.1. The normalized spacial score (nSPS) is 16.7. The van der Waals surface area contributed by atoms with E-state index in [2.05, 4.69) is 30.0 Å². The van der Waals surface area contributed by atoms with Crippen LogP contribution in [-0.2, 0) is 9.59 Å². The highest BCUT2D eigenvalue weighted by Gasteiger charge is 2.27. The summed E-state index contributed by atoms with van der Waals surface area (Å²) in [5.74, 6) is -1.34. The molecule has 1 amide bonds. The molecular formula is C39H43F2N7O3. The second-order valence-electron chi connectivity index (χ2n) is 13.1. The molecule has 4 heterocycles. The van der Waals surface area contributed by atoms with Crippen molar-refractivity contribution in [2.45, 2.75) is 32.9 Å². The van der Waals surface area contributed by atoms with Crippen LogP contribution in [0.4, 0.5) is 25.8 Å². The predicted molar refractivity (Wildman–Crippen MR) is 197 cm³/mol. The van der Waals surface area contributed by atoms with Gasteiger partial charge in [0.2, 0.25) is 5.91 Å². The van der Waals surface area contributed by atoms with Gasteiger partial charge in [-0.15, -0.1) is 0 Å². The van der Waals surface area contributed by atoms with Gasteiger partial charge in [-0.1, -0.05) is 17.7 Å². The Morgan fingerprint density at radius 1 is 0.667 bits per heavy atom. The van der Waals surface area contributed by atoms with Crippen LogP contribution in [0.25, 0.3) is 21.8 Å². The molecule has 2 fully saturated rings. The van der Waals surface area contributed by atoms with Crippen LogP contribution in [0, 0.1) is 18.6 Å². The van der Waals surface area contributed by atoms with Crippen LogP contribution in [0.15, 0.2) is 85.2 Å². The molecule has 0 bridgehead atoms. The molecule has 2 aliphatic rings. The summed E-state index contributed by atoms with van der Waals surface area (Å²) < 4.78 is 27.3. The van der Waals surface area contributed by atoms with Crippen LogP contribution in [0.2, 0.25) is 0 Å². The molecule has 0 saturated carbocycles. The largest absolute Gasteiger partial charge is 0.480 e. The number of carbonyl (C=O) groups excluding carboxylic acids is 1. The minimum Gasteiger partial charge on any atom is -0.480 e. The molecule has 7 rings (SSSR count). The van der Waals surface area contributed by atoms with Gasteiger partial charge in [-0.25, -0.2) is 8.78 Å². The zero-order chi connectivity index (χ0) is 36.1. The zero-order valence-corrected chi connectivity index (χ0v) is 29.1. The van der Waals surface area contributed by atoms with E-state index in [4.69, 9.17) is 5.11 Å². The number of aliphatic carboxylic acids is 1. The number of amides is 1. The molecule has 0 aliphatic carbocycles. The van der Waals surface area contributed by atoms with E-state index in [0.717, 1.165) is 70.6 Å². The van der Waals surface area contributed by atoms with Crippen molar-refractivity contribution >= 4 is 50.7 Å². The maximum absolute atomic E-state index is 13.7. The fraction of sp³-hybridized carbons (Fsp3) is 0.333. The van der Waals surface area contributed by atoms with Crippen molar-refractivity contribution in [2.75, 3.05) is 67.5 Å². The number of pyridine rings is 2. The molecule has 51 heavy (non-hydrogen) atoms. The Morgan fingerprint density at radius 3 is 1.57 bits per heavy atom. The Balaban J connectivity index is 0.000000183. The molecule has 2 atom stereocenters. The second kappa shape index (κ2) is 15.8. The third-order valence-corrected chi connectivity index (χ3v) is 9.82. The van der Waals surface area contributed by atoms with Gasteiger partial charge < -0.3 is 20.2 Å². The number of carboxylic acids is 1. The van der Waals surface area contributed by atoms with Gasteiger partial charge in [-0.2, -0.15) is 0 Å². The minimum atomic E-state index is -0.801. The summed E-state index contributed by atoms with van der Waals surface area (Å²) in [6.45, 7) is 11.5. The van der Waals surface area contributed by atoms with Crippen molar-refractivity contribution in [3.63, 3.8) is 0 Å². The number of aryl methyl sites for hydroxylation is 1. The van der Waals surface area contributed by atoms with Crippen molar-refractivity contribution in [3.8, 4) is 0 Å². The molecular weight excluding hydrogens is 652 g/mol. The standard InChI is InChI=1S/C23H25FN4O.C16H18FN3O2/c1-16-3-6-19(7-4-16)26-23(29)17(2)27-11-13-28(14-12-27)22-9-10-25-21-8-5-18(24)15-20(21)22;1-11(16(21)22)19-6-8-20(9-7-19)15-4-5-18-14-3-2-12(17)10-13(14)15/h3-10,15,17H,11-14H2,1-2H3,(H,26,29);2-5,10-11H,6-9H2,1H3,(H,21,22). The fourth-order valence-electron chi connectivity index (χ4n) is 6.67. The van der Waals surface area contributed by atoms with Crippen molar-refractivity contribution in [2.24, 2.45) is 0 Å². The van der Waals surface area contributed by atoms with Gasteiger partial charge >= 0.3 is 5.97 Å². The van der Waals surface area contributed by atoms with E-state index in [1.54, 1.807) is 37.5 Å². The number of nitrogens with zero attached hydrogens (tertiary/aromatic N) is 6. The van der Waals surface area contributed by atoms with Crippen LogP contribution >= 0.6 is 0 Å². The summed E-state index contributed by atoms with van der Waals surface area (Å²) in [6, 6.07) is 20.2. The number of rotatable bonds is 7. The molecule has 2 aliphatic heterocycles. The minimum absolute atomic E-state index is 0.00117. The summed E-state index contributed by atoms with van der Waals surface area (Å²) in [6.07, 6.45) is 3.49. The molecule has 12 heteroatoms. The van der Waals surface area contributed by atoms with Crippen LogP contribution < -0.4 is 15.1 Å². The lowest BCUT2D eigenvalue weighted by Crippen LogP contribution is -2.52. The molecule has 0 radical (unpaired) electrons. The van der Waals surface area contributed by atoms with Gasteiger partial charge in [0.15, 0.2) is 0 Å². The smallest absolute Gasteiger partial charge is 0.320 e. The van der Waals surface area contributed by atoms with Gasteiger partial charge in [0.05, 0.1) is 17.1 Å². The van der Waals surface area contributed by atoms with Crippen molar-refractivity contribution < 1.29 is 23.5 Å². The second-order valence-corrected chi connectivity index (χ2v) is 13.1. The predicted octanol–water partition coefficient (Wildman–Crippen LogP) is 5.80. The Bertz CT molecular complexity index is 2000. The van der Waals surface area contributed by atoms with Gasteiger partial charge in [0.1, 0.15) is 17.7 Å². The number of aromatic nitrogens is 2. The zero-order valence-electron chi connectivity index (χ0n) is 29.1. The number of anilines is 3. The van der Waals surface area contributed by atoms with Gasteiger partial charge in [0, 0.05) is 92.6 Å². The Kier molecular flexibility index (Phi) is 11.0. The number of hydrogen-bond acceptors (Lipinski definition) is 8. The van der Waals surface area contributed by atoms with E-state index >= 15 is 0 Å². The summed E-state index contributed by atoms with van der Waals surface area (Å²) in [5.41, 5.74) is 5.47. The van der Waals surface area contributed by atoms with Crippen LogP contribution in [0.5, 0.6) is 0 Å². The Morgan fingerprint density at radius 2 is 1.12 bits per heavy atom. The SMILES string of the molecule is CC(C(=O)O)N1CCN(c2ccnc3ccc(F)cc23)CC1.Cc1ccc(NC(=O)C(C)N2CCN(c3ccnc4ccc(F)cc34)CC2)cc1. The van der Waals surface area contributed by atoms with E-state index in [1.165, 1.54) is 18.2 Å². The van der Waals surface area contributed by atoms with Crippen LogP contribution in [0.3, 0.4) is 0 Å². The molecule has 2 aromatic heterocycles. The number of carboxylic acid groups (broad SMARTS) is 1. The lowest BCUT2D eigenvalue weighted by molar-refractivity contribution is -0.142. The van der Waals surface area contributed by atoms with E-state index < -0.39 is 12.0 Å². The number of fused-ring (bicyclic) bond motifs is 2. The highest BCUT2D eigenvalue weighted by molar-refractivity contribution is 5.95. The summed E-state index contributed by atoms with van der Waals surface area (Å²) >= 11 is 0. The van der Waals surface area contributed by atoms with Crippen molar-refractivity contribution in [3.05, 3.63) is 102 Å². The van der Waals surface area contributed by atoms with Crippen molar-refractivity contribution in [1.82, 2.24) is 19.8 Å². The number of nitrogens with one attached hydrogen (secondary N) is 1. The molecule has 266 valence electrons. The summed E-state index contributed by atoms with van der Waals surface area (Å²) in [4.78, 5) is 40.8. The van der Waals surface area contributed by atoms with Gasteiger partial charge in [-0.3, -0.25) is 29.4 Å². The van der Waals surface area contributed by atoms with E-state index in [9.17, 15) is 18.4 Å². The fourth-order valence-corrected chi connectivity index (χ4v) is 6.67. The molecule has 0 spiro atoms. The number of halogens is 2. The first kappa shape index (κ1) is 35.6. The van der Waals surface area contributed by atoms with E-state index in [-0.39, 0.29) is 23.6 Å². The Hall–Kier alpha value is -5.20. The lowest BCUT2D eigenvalue weighted by Gasteiger charge is -2.38. The monoisotopic (exact) mass is 695 g/mol. The van der Waals surface area contributed by atoms with E-state index in [1.807, 2.05) is 55.1 Å². The maximum atomic E-state index is 13.7. The van der Waals surface area contributed by atoms with Gasteiger partial charge in [-0.05, 0) is 81.4 Å². The number of benzene rings is 3. The van der Waals surface area contributed by atoms with Gasteiger partial charge in [0.25, 0.3) is 0 Å². The first-order chi connectivity index (χ1) is 24.6. The van der Waals surface area contributed by atoms with Crippen molar-refractivity contribution in [1.29, 1.82) is 0 Å². The highest BCUT2D eigenvalue weighted by Crippen LogP contribution is 2.29. The van der Waals surface area contributed by atoms with Crippen LogP contribution in [0.1, 0.15) is 19.4 Å². The number of hydrogen-bond donors (Lipinski definition) is 2. The average molecular weight is 696 g/mol. The Labute approximate surface area is 296 Å². The molecule has 10 nitrogen and oxygen atoms in total. The maximum Gasteiger partial charge on any atom is 0.320 e. The molecule has 5 aromatic rings. The molecule has 2 saturated heterocycles. The first-order valence-electron chi connectivity index (χ1n) is 17.2. The topological polar surface area (TPSA) is 105 Å². The third-order valence-electron chi connectivity index (χ3n) is 9.82. The highest BCUT2D eigenvalue weighted by atomic mass is 19.1. The average Bonchev–Trinajstić information content (AvgIpc) is 3.15. The number of carbonyl (C=O) groups is 2.